The summed E-state index contributed by atoms with van der Waals surface area (Å²) in [6, 6.07) is 5.68. The molecule has 8 heteroatoms. The van der Waals surface area contributed by atoms with Crippen LogP contribution < -0.4 is 4.90 Å². The summed E-state index contributed by atoms with van der Waals surface area (Å²) in [7, 11) is 0. The number of carbonyl (C=O) groups is 1. The van der Waals surface area contributed by atoms with Gasteiger partial charge in [0.1, 0.15) is 5.69 Å². The van der Waals surface area contributed by atoms with Crippen molar-refractivity contribution in [2.75, 3.05) is 31.1 Å². The van der Waals surface area contributed by atoms with E-state index in [4.69, 9.17) is 0 Å². The molecule has 7 nitrogen and oxygen atoms in total. The number of hydrogen-bond acceptors (Lipinski definition) is 6. The fourth-order valence-corrected chi connectivity index (χ4v) is 3.43. The molecule has 1 saturated heterocycles. The Labute approximate surface area is 143 Å². The van der Waals surface area contributed by atoms with Gasteiger partial charge in [-0.15, -0.1) is 11.3 Å². The third kappa shape index (κ3) is 2.88. The second-order valence-electron chi connectivity index (χ2n) is 5.43. The first-order chi connectivity index (χ1) is 11.8. The molecule has 1 aliphatic heterocycles. The highest BCUT2D eigenvalue weighted by Crippen LogP contribution is 2.18. The van der Waals surface area contributed by atoms with E-state index in [1.54, 1.807) is 18.5 Å². The van der Waals surface area contributed by atoms with Gasteiger partial charge < -0.3 is 14.4 Å². The molecule has 1 amide bonds. The number of rotatable bonds is 3. The van der Waals surface area contributed by atoms with Crippen LogP contribution in [0.3, 0.4) is 0 Å². The van der Waals surface area contributed by atoms with Gasteiger partial charge in [0.2, 0.25) is 5.95 Å². The number of anilines is 1. The molecule has 3 aromatic rings. The maximum atomic E-state index is 12.6. The molecule has 0 radical (unpaired) electrons. The van der Waals surface area contributed by atoms with E-state index in [-0.39, 0.29) is 5.91 Å². The Morgan fingerprint density at radius 3 is 2.42 bits per heavy atom. The lowest BCUT2D eigenvalue weighted by molar-refractivity contribution is 0.0741. The number of hydrogen-bond donors (Lipinski definition) is 0. The van der Waals surface area contributed by atoms with E-state index in [0.29, 0.717) is 24.7 Å². The van der Waals surface area contributed by atoms with Gasteiger partial charge in [-0.1, -0.05) is 0 Å². The number of aromatic nitrogens is 4. The van der Waals surface area contributed by atoms with Crippen LogP contribution in [0.5, 0.6) is 0 Å². The minimum atomic E-state index is -0.0155. The number of carbonyl (C=O) groups excluding carboxylic acids is 1. The van der Waals surface area contributed by atoms with Gasteiger partial charge in [0.05, 0.1) is 0 Å². The summed E-state index contributed by atoms with van der Waals surface area (Å²) in [4.78, 5) is 29.5. The molecule has 0 bridgehead atoms. The average molecular weight is 340 g/mol. The zero-order valence-corrected chi connectivity index (χ0v) is 13.8. The van der Waals surface area contributed by atoms with Gasteiger partial charge in [-0.3, -0.25) is 4.79 Å². The quantitative estimate of drug-likeness (QED) is 0.726. The summed E-state index contributed by atoms with van der Waals surface area (Å²) in [5.41, 5.74) is 0.508. The molecule has 122 valence electrons. The van der Waals surface area contributed by atoms with Crippen LogP contribution in [0, 0.1) is 0 Å². The van der Waals surface area contributed by atoms with E-state index >= 15 is 0 Å². The second-order valence-corrected chi connectivity index (χ2v) is 6.27. The van der Waals surface area contributed by atoms with Gasteiger partial charge in [-0.25, -0.2) is 15.0 Å². The fourth-order valence-electron chi connectivity index (χ4n) is 2.67. The van der Waals surface area contributed by atoms with Crippen LogP contribution in [0.2, 0.25) is 0 Å². The lowest BCUT2D eigenvalue weighted by Gasteiger charge is -2.34. The van der Waals surface area contributed by atoms with Gasteiger partial charge in [-0.2, -0.15) is 0 Å². The molecule has 0 aromatic carbocycles. The highest BCUT2D eigenvalue weighted by atomic mass is 32.1. The molecule has 0 unspecified atom stereocenters. The molecule has 0 atom stereocenters. The highest BCUT2D eigenvalue weighted by molar-refractivity contribution is 7.12. The first-order valence-electron chi connectivity index (χ1n) is 7.71. The monoisotopic (exact) mass is 340 g/mol. The normalized spacial score (nSPS) is 14.8. The summed E-state index contributed by atoms with van der Waals surface area (Å²) < 4.78 is 1.91. The van der Waals surface area contributed by atoms with Crippen molar-refractivity contribution < 1.29 is 4.79 Å². The highest BCUT2D eigenvalue weighted by Gasteiger charge is 2.25. The van der Waals surface area contributed by atoms with Crippen molar-refractivity contribution in [1.29, 1.82) is 0 Å². The molecule has 4 heterocycles. The van der Waals surface area contributed by atoms with Gasteiger partial charge in [0, 0.05) is 56.3 Å². The summed E-state index contributed by atoms with van der Waals surface area (Å²) in [6.45, 7) is 2.75. The van der Waals surface area contributed by atoms with Crippen LogP contribution in [-0.2, 0) is 0 Å². The molecule has 0 saturated carbocycles. The lowest BCUT2D eigenvalue weighted by Crippen LogP contribution is -2.49. The third-order valence-corrected chi connectivity index (χ3v) is 4.79. The SMILES string of the molecule is O=C(c1csc(-n2cccc2)n1)N1CCN(c2ncccn2)CC1. The topological polar surface area (TPSA) is 67.2 Å². The van der Waals surface area contributed by atoms with Crippen LogP contribution >= 0.6 is 11.3 Å². The number of piperazine rings is 1. The van der Waals surface area contributed by atoms with Crippen molar-refractivity contribution in [3.63, 3.8) is 0 Å². The molecule has 0 N–H and O–H groups in total. The summed E-state index contributed by atoms with van der Waals surface area (Å²) in [6.07, 6.45) is 7.31. The standard InChI is InChI=1S/C16H16N6OS/c23-14(13-12-24-16(19-13)22-6-1-2-7-22)20-8-10-21(11-9-20)15-17-4-3-5-18-15/h1-7,12H,8-11H2. The lowest BCUT2D eigenvalue weighted by atomic mass is 10.3. The van der Waals surface area contributed by atoms with Crippen LogP contribution in [0.25, 0.3) is 5.13 Å². The predicted molar refractivity (Wildman–Crippen MR) is 91.6 cm³/mol. The van der Waals surface area contributed by atoms with E-state index in [2.05, 4.69) is 19.9 Å². The summed E-state index contributed by atoms with van der Waals surface area (Å²) >= 11 is 1.47. The largest absolute Gasteiger partial charge is 0.337 e. The van der Waals surface area contributed by atoms with E-state index < -0.39 is 0 Å². The molecule has 3 aromatic heterocycles. The molecular formula is C16H16N6OS. The Kier molecular flexibility index (Phi) is 3.96. The smallest absolute Gasteiger partial charge is 0.273 e. The van der Waals surface area contributed by atoms with Crippen LogP contribution in [0.1, 0.15) is 10.5 Å². The second kappa shape index (κ2) is 6.40. The maximum absolute atomic E-state index is 12.6. The van der Waals surface area contributed by atoms with E-state index in [1.807, 2.05) is 39.4 Å². The first kappa shape index (κ1) is 14.8. The van der Waals surface area contributed by atoms with Crippen molar-refractivity contribution in [3.05, 3.63) is 54.1 Å². The van der Waals surface area contributed by atoms with Crippen LogP contribution in [-0.4, -0.2) is 56.5 Å². The van der Waals surface area contributed by atoms with Crippen LogP contribution in [0.4, 0.5) is 5.95 Å². The zero-order valence-electron chi connectivity index (χ0n) is 12.9. The molecule has 24 heavy (non-hydrogen) atoms. The van der Waals surface area contributed by atoms with E-state index in [9.17, 15) is 4.79 Å². The van der Waals surface area contributed by atoms with E-state index in [0.717, 1.165) is 18.2 Å². The Morgan fingerprint density at radius 1 is 1.00 bits per heavy atom. The van der Waals surface area contributed by atoms with Gasteiger partial charge in [0.15, 0.2) is 5.13 Å². The molecule has 1 aliphatic rings. The van der Waals surface area contributed by atoms with Crippen molar-refractivity contribution in [3.8, 4) is 5.13 Å². The van der Waals surface area contributed by atoms with Crippen molar-refractivity contribution in [2.24, 2.45) is 0 Å². The zero-order chi connectivity index (χ0) is 16.4. The van der Waals surface area contributed by atoms with Gasteiger partial charge in [0.25, 0.3) is 5.91 Å². The van der Waals surface area contributed by atoms with Crippen LogP contribution in [0.15, 0.2) is 48.4 Å². The molecule has 1 fully saturated rings. The van der Waals surface area contributed by atoms with Crippen molar-refractivity contribution >= 4 is 23.2 Å². The Bertz CT molecular complexity index is 808. The Balaban J connectivity index is 1.41. The fraction of sp³-hybridized carbons (Fsp3) is 0.250. The summed E-state index contributed by atoms with van der Waals surface area (Å²) in [5.74, 6) is 0.700. The predicted octanol–water partition coefficient (Wildman–Crippen LogP) is 1.69. The Hall–Kier alpha value is -2.74. The third-order valence-electron chi connectivity index (χ3n) is 3.94. The average Bonchev–Trinajstić information content (AvgIpc) is 3.33. The molecule has 4 rings (SSSR count). The minimum absolute atomic E-state index is 0.0155. The van der Waals surface area contributed by atoms with Gasteiger partial charge >= 0.3 is 0 Å². The minimum Gasteiger partial charge on any atom is -0.337 e. The maximum Gasteiger partial charge on any atom is 0.273 e. The molecule has 0 aliphatic carbocycles. The van der Waals surface area contributed by atoms with Crippen molar-refractivity contribution in [1.82, 2.24) is 24.4 Å². The molecular weight excluding hydrogens is 324 g/mol. The van der Waals surface area contributed by atoms with Gasteiger partial charge in [-0.05, 0) is 18.2 Å². The number of amides is 1. The molecule has 0 spiro atoms. The Morgan fingerprint density at radius 2 is 1.71 bits per heavy atom. The van der Waals surface area contributed by atoms with Crippen molar-refractivity contribution in [2.45, 2.75) is 0 Å². The first-order valence-corrected chi connectivity index (χ1v) is 8.59. The summed E-state index contributed by atoms with van der Waals surface area (Å²) in [5, 5.41) is 2.63. The number of nitrogens with zero attached hydrogens (tertiary/aromatic N) is 6. The number of thiazole rings is 1. The van der Waals surface area contributed by atoms with E-state index in [1.165, 1.54) is 11.3 Å².